The summed E-state index contributed by atoms with van der Waals surface area (Å²) in [5, 5.41) is 18.5. The minimum atomic E-state index is -0.348. The molecule has 0 aromatic heterocycles. The molecule has 2 N–H and O–H groups in total. The van der Waals surface area contributed by atoms with Crippen molar-refractivity contribution in [2.24, 2.45) is 5.92 Å². The molecule has 0 aliphatic heterocycles. The van der Waals surface area contributed by atoms with Crippen LogP contribution in [0.15, 0.2) is 30.3 Å². The van der Waals surface area contributed by atoms with Crippen molar-refractivity contribution < 1.29 is 10.2 Å². The number of hydrogen-bond acceptors (Lipinski definition) is 2. The molecule has 1 aromatic rings. The second kappa shape index (κ2) is 5.78. The molecule has 0 amide bonds. The van der Waals surface area contributed by atoms with Gasteiger partial charge >= 0.3 is 0 Å². The lowest BCUT2D eigenvalue weighted by molar-refractivity contribution is 0.122. The van der Waals surface area contributed by atoms with Crippen LogP contribution in [0.1, 0.15) is 18.9 Å². The minimum absolute atomic E-state index is 0.145. The van der Waals surface area contributed by atoms with Gasteiger partial charge in [0.15, 0.2) is 0 Å². The molecule has 2 heteroatoms. The normalized spacial score (nSPS) is 15.1. The second-order valence-corrected chi connectivity index (χ2v) is 3.87. The van der Waals surface area contributed by atoms with Crippen LogP contribution < -0.4 is 0 Å². The predicted molar refractivity (Wildman–Crippen MR) is 57.0 cm³/mol. The first-order valence-electron chi connectivity index (χ1n) is 5.05. The van der Waals surface area contributed by atoms with Crippen LogP contribution in [0.5, 0.6) is 0 Å². The van der Waals surface area contributed by atoms with Crippen LogP contribution in [0, 0.1) is 5.92 Å². The van der Waals surface area contributed by atoms with Crippen LogP contribution in [0.3, 0.4) is 0 Å². The van der Waals surface area contributed by atoms with Gasteiger partial charge in [-0.15, -0.1) is 0 Å². The highest BCUT2D eigenvalue weighted by molar-refractivity contribution is 5.15. The van der Waals surface area contributed by atoms with Crippen molar-refractivity contribution >= 4 is 0 Å². The maximum atomic E-state index is 9.69. The van der Waals surface area contributed by atoms with Crippen molar-refractivity contribution in [3.63, 3.8) is 0 Å². The Balaban J connectivity index is 2.37. The van der Waals surface area contributed by atoms with Gasteiger partial charge in [-0.25, -0.2) is 0 Å². The van der Waals surface area contributed by atoms with Gasteiger partial charge in [-0.2, -0.15) is 0 Å². The maximum Gasteiger partial charge on any atom is 0.0584 e. The lowest BCUT2D eigenvalue weighted by Gasteiger charge is -2.14. The average molecular weight is 194 g/mol. The largest absolute Gasteiger partial charge is 0.396 e. The van der Waals surface area contributed by atoms with Gasteiger partial charge in [0.05, 0.1) is 6.10 Å². The summed E-state index contributed by atoms with van der Waals surface area (Å²) < 4.78 is 0. The molecule has 0 aliphatic carbocycles. The van der Waals surface area contributed by atoms with Crippen LogP contribution in [-0.4, -0.2) is 22.9 Å². The Kier molecular flexibility index (Phi) is 4.63. The van der Waals surface area contributed by atoms with E-state index in [0.29, 0.717) is 12.8 Å². The zero-order valence-electron chi connectivity index (χ0n) is 8.56. The Hall–Kier alpha value is -0.860. The van der Waals surface area contributed by atoms with Gasteiger partial charge in [0.25, 0.3) is 0 Å². The summed E-state index contributed by atoms with van der Waals surface area (Å²) >= 11 is 0. The number of hydrogen-bond donors (Lipinski definition) is 2. The van der Waals surface area contributed by atoms with E-state index in [1.807, 2.05) is 37.3 Å². The van der Waals surface area contributed by atoms with Crippen molar-refractivity contribution in [2.45, 2.75) is 25.9 Å². The molecule has 0 saturated carbocycles. The van der Waals surface area contributed by atoms with Crippen LogP contribution >= 0.6 is 0 Å². The quantitative estimate of drug-likeness (QED) is 0.747. The molecule has 1 rings (SSSR count). The van der Waals surface area contributed by atoms with E-state index in [1.54, 1.807) is 0 Å². The van der Waals surface area contributed by atoms with Crippen LogP contribution in [0.2, 0.25) is 0 Å². The average Bonchev–Trinajstić information content (AvgIpc) is 2.19. The highest BCUT2D eigenvalue weighted by Crippen LogP contribution is 2.10. The Morgan fingerprint density at radius 1 is 1.21 bits per heavy atom. The van der Waals surface area contributed by atoms with Gasteiger partial charge < -0.3 is 10.2 Å². The third-order valence-electron chi connectivity index (χ3n) is 2.30. The summed E-state index contributed by atoms with van der Waals surface area (Å²) in [5.41, 5.74) is 1.14. The molecule has 1 aromatic carbocycles. The van der Waals surface area contributed by atoms with Crippen molar-refractivity contribution in [1.29, 1.82) is 0 Å². The van der Waals surface area contributed by atoms with E-state index in [2.05, 4.69) is 0 Å². The molecule has 2 unspecified atom stereocenters. The molecule has 0 heterocycles. The Morgan fingerprint density at radius 2 is 1.86 bits per heavy atom. The summed E-state index contributed by atoms with van der Waals surface area (Å²) in [7, 11) is 0. The Morgan fingerprint density at radius 3 is 2.43 bits per heavy atom. The Labute approximate surface area is 85.2 Å². The summed E-state index contributed by atoms with van der Waals surface area (Å²) in [4.78, 5) is 0. The lowest BCUT2D eigenvalue weighted by atomic mass is 9.99. The molecule has 2 atom stereocenters. The molecule has 0 fully saturated rings. The van der Waals surface area contributed by atoms with Crippen molar-refractivity contribution in [3.8, 4) is 0 Å². The third-order valence-corrected chi connectivity index (χ3v) is 2.30. The summed E-state index contributed by atoms with van der Waals surface area (Å²) in [6.07, 6.45) is 0.982. The molecule has 14 heavy (non-hydrogen) atoms. The van der Waals surface area contributed by atoms with E-state index >= 15 is 0 Å². The van der Waals surface area contributed by atoms with Crippen molar-refractivity contribution in [1.82, 2.24) is 0 Å². The maximum absolute atomic E-state index is 9.69. The van der Waals surface area contributed by atoms with E-state index in [-0.39, 0.29) is 18.6 Å². The topological polar surface area (TPSA) is 40.5 Å². The molecular weight excluding hydrogens is 176 g/mol. The first kappa shape index (κ1) is 11.2. The van der Waals surface area contributed by atoms with Gasteiger partial charge in [0.1, 0.15) is 0 Å². The number of benzene rings is 1. The minimum Gasteiger partial charge on any atom is -0.396 e. The molecule has 0 saturated heterocycles. The molecule has 78 valence electrons. The highest BCUT2D eigenvalue weighted by atomic mass is 16.3. The molecular formula is C12H18O2. The third kappa shape index (κ3) is 3.90. The summed E-state index contributed by atoms with van der Waals surface area (Å²) in [6.45, 7) is 2.08. The molecule has 2 nitrogen and oxygen atoms in total. The van der Waals surface area contributed by atoms with Crippen molar-refractivity contribution in [3.05, 3.63) is 35.9 Å². The highest BCUT2D eigenvalue weighted by Gasteiger charge is 2.09. The SMILES string of the molecule is CC(CO)CC(O)Cc1ccccc1. The fourth-order valence-corrected chi connectivity index (χ4v) is 1.51. The lowest BCUT2D eigenvalue weighted by Crippen LogP contribution is -2.16. The predicted octanol–water partition coefficient (Wildman–Crippen LogP) is 1.61. The molecule has 0 bridgehead atoms. The number of aliphatic hydroxyl groups is 2. The number of rotatable bonds is 5. The first-order valence-corrected chi connectivity index (χ1v) is 5.05. The Bertz CT molecular complexity index is 246. The van der Waals surface area contributed by atoms with E-state index in [9.17, 15) is 5.11 Å². The van der Waals surface area contributed by atoms with E-state index < -0.39 is 0 Å². The molecule has 0 spiro atoms. The number of aliphatic hydroxyl groups excluding tert-OH is 2. The fraction of sp³-hybridized carbons (Fsp3) is 0.500. The van der Waals surface area contributed by atoms with E-state index in [4.69, 9.17) is 5.11 Å². The molecule has 0 aliphatic rings. The van der Waals surface area contributed by atoms with Gasteiger partial charge in [-0.3, -0.25) is 0 Å². The summed E-state index contributed by atoms with van der Waals surface area (Å²) in [5.74, 6) is 0.175. The zero-order valence-corrected chi connectivity index (χ0v) is 8.56. The van der Waals surface area contributed by atoms with E-state index in [0.717, 1.165) is 5.56 Å². The zero-order chi connectivity index (χ0) is 10.4. The smallest absolute Gasteiger partial charge is 0.0584 e. The van der Waals surface area contributed by atoms with Gasteiger partial charge in [-0.05, 0) is 24.3 Å². The molecule has 0 radical (unpaired) electrons. The van der Waals surface area contributed by atoms with Gasteiger partial charge in [0.2, 0.25) is 0 Å². The van der Waals surface area contributed by atoms with Crippen molar-refractivity contribution in [2.75, 3.05) is 6.61 Å². The van der Waals surface area contributed by atoms with Crippen LogP contribution in [0.4, 0.5) is 0 Å². The van der Waals surface area contributed by atoms with Gasteiger partial charge in [-0.1, -0.05) is 37.3 Å². The first-order chi connectivity index (χ1) is 6.72. The monoisotopic (exact) mass is 194 g/mol. The van der Waals surface area contributed by atoms with Crippen LogP contribution in [-0.2, 0) is 6.42 Å². The summed E-state index contributed by atoms with van der Waals surface area (Å²) in [6, 6.07) is 9.92. The fourth-order valence-electron chi connectivity index (χ4n) is 1.51. The van der Waals surface area contributed by atoms with Crippen LogP contribution in [0.25, 0.3) is 0 Å². The van der Waals surface area contributed by atoms with E-state index in [1.165, 1.54) is 0 Å². The second-order valence-electron chi connectivity index (χ2n) is 3.87. The van der Waals surface area contributed by atoms with Gasteiger partial charge in [0, 0.05) is 6.61 Å². The standard InChI is InChI=1S/C12H18O2/c1-10(9-13)7-12(14)8-11-5-3-2-4-6-11/h2-6,10,12-14H,7-9H2,1H3.